The average molecular weight is 293 g/mol. The lowest BCUT2D eigenvalue weighted by Crippen LogP contribution is -2.30. The van der Waals surface area contributed by atoms with Crippen LogP contribution in [-0.2, 0) is 0 Å². The molecule has 0 radical (unpaired) electrons. The van der Waals surface area contributed by atoms with Crippen molar-refractivity contribution in [3.63, 3.8) is 0 Å². The van der Waals surface area contributed by atoms with Gasteiger partial charge in [-0.2, -0.15) is 11.8 Å². The number of nitrogens with zero attached hydrogens (tertiary/aromatic N) is 2. The van der Waals surface area contributed by atoms with Gasteiger partial charge in [-0.3, -0.25) is 9.78 Å². The smallest absolute Gasteiger partial charge is 0.272 e. The predicted octanol–water partition coefficient (Wildman–Crippen LogP) is 2.87. The zero-order valence-electron chi connectivity index (χ0n) is 12.5. The Balaban J connectivity index is 2.03. The number of carbonyl (C=O) groups excluding carboxylic acids is 1. The number of pyridine rings is 1. The molecule has 0 saturated heterocycles. The molecule has 5 heteroatoms. The van der Waals surface area contributed by atoms with E-state index in [1.54, 1.807) is 25.2 Å². The standard InChI is InChI=1S/C15H23N3OS/c1-18(2)14(19)13-10-12(6-9-16-13)17-11-15(20-3)7-4-5-8-15/h6,9-10H,4-5,7-8,11H2,1-3H3,(H,16,17). The van der Waals surface area contributed by atoms with E-state index in [2.05, 4.69) is 16.6 Å². The minimum atomic E-state index is -0.0610. The molecule has 1 aromatic heterocycles. The van der Waals surface area contributed by atoms with Gasteiger partial charge < -0.3 is 10.2 Å². The summed E-state index contributed by atoms with van der Waals surface area (Å²) in [6.07, 6.45) is 9.08. The lowest BCUT2D eigenvalue weighted by molar-refractivity contribution is 0.0822. The molecule has 1 N–H and O–H groups in total. The molecule has 1 aliphatic rings. The number of nitrogens with one attached hydrogen (secondary N) is 1. The van der Waals surface area contributed by atoms with Gasteiger partial charge in [0.05, 0.1) is 0 Å². The van der Waals surface area contributed by atoms with Gasteiger partial charge in [-0.15, -0.1) is 0 Å². The highest BCUT2D eigenvalue weighted by Crippen LogP contribution is 2.40. The Morgan fingerprint density at radius 2 is 2.15 bits per heavy atom. The van der Waals surface area contributed by atoms with Crippen molar-refractivity contribution in [1.29, 1.82) is 0 Å². The highest BCUT2D eigenvalue weighted by Gasteiger charge is 2.32. The summed E-state index contributed by atoms with van der Waals surface area (Å²) < 4.78 is 0.356. The second kappa shape index (κ2) is 6.48. The van der Waals surface area contributed by atoms with Crippen molar-refractivity contribution in [2.45, 2.75) is 30.4 Å². The van der Waals surface area contributed by atoms with Crippen LogP contribution in [0.25, 0.3) is 0 Å². The van der Waals surface area contributed by atoms with E-state index in [9.17, 15) is 4.79 Å². The number of hydrogen-bond acceptors (Lipinski definition) is 4. The largest absolute Gasteiger partial charge is 0.384 e. The van der Waals surface area contributed by atoms with Crippen LogP contribution in [-0.4, -0.2) is 47.4 Å². The third-order valence-electron chi connectivity index (χ3n) is 3.95. The van der Waals surface area contributed by atoms with Gasteiger partial charge in [0.25, 0.3) is 5.91 Å². The monoisotopic (exact) mass is 293 g/mol. The number of rotatable bonds is 5. The molecule has 20 heavy (non-hydrogen) atoms. The molecule has 1 fully saturated rings. The zero-order valence-corrected chi connectivity index (χ0v) is 13.3. The summed E-state index contributed by atoms with van der Waals surface area (Å²) in [4.78, 5) is 17.6. The Kier molecular flexibility index (Phi) is 4.91. The van der Waals surface area contributed by atoms with Gasteiger partial charge in [0.1, 0.15) is 5.69 Å². The van der Waals surface area contributed by atoms with Crippen LogP contribution in [0.5, 0.6) is 0 Å². The van der Waals surface area contributed by atoms with Crippen molar-refractivity contribution in [1.82, 2.24) is 9.88 Å². The average Bonchev–Trinajstić information content (AvgIpc) is 2.94. The zero-order chi connectivity index (χ0) is 14.6. The maximum absolute atomic E-state index is 11.9. The fraction of sp³-hybridized carbons (Fsp3) is 0.600. The summed E-state index contributed by atoms with van der Waals surface area (Å²) in [5.74, 6) is -0.0610. The molecule has 0 unspecified atom stereocenters. The second-order valence-electron chi connectivity index (χ2n) is 5.58. The molecular formula is C15H23N3OS. The van der Waals surface area contributed by atoms with Gasteiger partial charge in [0.2, 0.25) is 0 Å². The predicted molar refractivity (Wildman–Crippen MR) is 85.5 cm³/mol. The van der Waals surface area contributed by atoms with Crippen LogP contribution in [0.4, 0.5) is 5.69 Å². The molecule has 110 valence electrons. The van der Waals surface area contributed by atoms with Crippen molar-refractivity contribution in [2.24, 2.45) is 0 Å². The molecule has 1 saturated carbocycles. The molecule has 1 aliphatic carbocycles. The quantitative estimate of drug-likeness (QED) is 0.906. The van der Waals surface area contributed by atoms with E-state index in [1.807, 2.05) is 23.9 Å². The van der Waals surface area contributed by atoms with Crippen molar-refractivity contribution in [3.8, 4) is 0 Å². The van der Waals surface area contributed by atoms with Gasteiger partial charge in [0.15, 0.2) is 0 Å². The van der Waals surface area contributed by atoms with Crippen LogP contribution in [0.15, 0.2) is 18.3 Å². The first-order valence-electron chi connectivity index (χ1n) is 7.03. The van der Waals surface area contributed by atoms with Crippen molar-refractivity contribution in [3.05, 3.63) is 24.0 Å². The molecule has 0 spiro atoms. The maximum atomic E-state index is 11.9. The Labute approximate surface area is 125 Å². The maximum Gasteiger partial charge on any atom is 0.272 e. The van der Waals surface area contributed by atoms with Crippen LogP contribution in [0.3, 0.4) is 0 Å². The first kappa shape index (κ1) is 15.2. The van der Waals surface area contributed by atoms with E-state index in [1.165, 1.54) is 25.7 Å². The lowest BCUT2D eigenvalue weighted by Gasteiger charge is -2.27. The van der Waals surface area contributed by atoms with Gasteiger partial charge in [-0.05, 0) is 31.2 Å². The third kappa shape index (κ3) is 3.45. The van der Waals surface area contributed by atoms with E-state index < -0.39 is 0 Å². The van der Waals surface area contributed by atoms with Crippen LogP contribution in [0.1, 0.15) is 36.2 Å². The topological polar surface area (TPSA) is 45.2 Å². The van der Waals surface area contributed by atoms with Gasteiger partial charge in [-0.25, -0.2) is 0 Å². The molecule has 0 atom stereocenters. The van der Waals surface area contributed by atoms with E-state index in [0.29, 0.717) is 10.4 Å². The molecule has 1 heterocycles. The van der Waals surface area contributed by atoms with Crippen LogP contribution in [0, 0.1) is 0 Å². The number of thioether (sulfide) groups is 1. The second-order valence-corrected chi connectivity index (χ2v) is 6.85. The van der Waals surface area contributed by atoms with Crippen molar-refractivity contribution in [2.75, 3.05) is 32.2 Å². The number of anilines is 1. The minimum Gasteiger partial charge on any atom is -0.384 e. The molecule has 1 amide bonds. The summed E-state index contributed by atoms with van der Waals surface area (Å²) in [6, 6.07) is 3.76. The first-order valence-corrected chi connectivity index (χ1v) is 8.25. The van der Waals surface area contributed by atoms with Gasteiger partial charge in [-0.1, -0.05) is 12.8 Å². The Hall–Kier alpha value is -1.23. The van der Waals surface area contributed by atoms with Gasteiger partial charge in [0, 0.05) is 37.3 Å². The summed E-state index contributed by atoms with van der Waals surface area (Å²) in [7, 11) is 3.48. The van der Waals surface area contributed by atoms with Crippen molar-refractivity contribution < 1.29 is 4.79 Å². The Bertz CT molecular complexity index is 470. The molecule has 1 aromatic rings. The number of carbonyl (C=O) groups is 1. The number of hydrogen-bond donors (Lipinski definition) is 1. The van der Waals surface area contributed by atoms with Gasteiger partial charge >= 0.3 is 0 Å². The highest BCUT2D eigenvalue weighted by molar-refractivity contribution is 8.00. The summed E-state index contributed by atoms with van der Waals surface area (Å²) >= 11 is 1.96. The highest BCUT2D eigenvalue weighted by atomic mass is 32.2. The molecular weight excluding hydrogens is 270 g/mol. The van der Waals surface area contributed by atoms with E-state index in [-0.39, 0.29) is 5.91 Å². The van der Waals surface area contributed by atoms with Crippen molar-refractivity contribution >= 4 is 23.4 Å². The van der Waals surface area contributed by atoms with Crippen LogP contribution < -0.4 is 5.32 Å². The molecule has 0 aromatic carbocycles. The normalized spacial score (nSPS) is 16.9. The Morgan fingerprint density at radius 3 is 2.75 bits per heavy atom. The molecule has 0 bridgehead atoms. The SMILES string of the molecule is CSC1(CNc2ccnc(C(=O)N(C)C)c2)CCCC1. The summed E-state index contributed by atoms with van der Waals surface area (Å²) in [6.45, 7) is 0.952. The molecule has 2 rings (SSSR count). The number of amides is 1. The van der Waals surface area contributed by atoms with E-state index in [4.69, 9.17) is 0 Å². The van der Waals surface area contributed by atoms with Crippen LogP contribution in [0.2, 0.25) is 0 Å². The van der Waals surface area contributed by atoms with Crippen LogP contribution >= 0.6 is 11.8 Å². The van der Waals surface area contributed by atoms with E-state index in [0.717, 1.165) is 12.2 Å². The molecule has 0 aliphatic heterocycles. The third-order valence-corrected chi connectivity index (χ3v) is 5.37. The fourth-order valence-electron chi connectivity index (χ4n) is 2.62. The summed E-state index contributed by atoms with van der Waals surface area (Å²) in [5, 5.41) is 3.48. The molecule has 4 nitrogen and oxygen atoms in total. The lowest BCUT2D eigenvalue weighted by atomic mass is 10.1. The summed E-state index contributed by atoms with van der Waals surface area (Å²) in [5.41, 5.74) is 1.47. The fourth-order valence-corrected chi connectivity index (χ4v) is 3.54. The minimum absolute atomic E-state index is 0.0610. The van der Waals surface area contributed by atoms with E-state index >= 15 is 0 Å². The number of aromatic nitrogens is 1. The Morgan fingerprint density at radius 1 is 1.45 bits per heavy atom. The first-order chi connectivity index (χ1) is 9.56.